The molecule has 18 heavy (non-hydrogen) atoms. The highest BCUT2D eigenvalue weighted by Gasteiger charge is 2.50. The van der Waals surface area contributed by atoms with Crippen molar-refractivity contribution >= 4 is 5.97 Å². The summed E-state index contributed by atoms with van der Waals surface area (Å²) in [6.45, 7) is 4.81. The van der Waals surface area contributed by atoms with Crippen molar-refractivity contribution in [2.45, 2.75) is 52.1 Å². The molecule has 1 aliphatic heterocycles. The maximum atomic E-state index is 11.5. The number of carbonyl (C=O) groups is 1. The van der Waals surface area contributed by atoms with Gasteiger partial charge in [-0.3, -0.25) is 4.79 Å². The molecule has 0 aromatic heterocycles. The van der Waals surface area contributed by atoms with E-state index in [0.29, 0.717) is 12.3 Å². The summed E-state index contributed by atoms with van der Waals surface area (Å²) in [5.74, 6) is 1.33. The summed E-state index contributed by atoms with van der Waals surface area (Å²) < 4.78 is 5.35. The number of nitrogens with zero attached hydrogens (tertiary/aromatic N) is 3. The molecule has 0 N–H and O–H groups in total. The topological polar surface area (TPSA) is 75.1 Å². The molecule has 0 aromatic carbocycles. The Balaban J connectivity index is 2.05. The summed E-state index contributed by atoms with van der Waals surface area (Å²) in [5.41, 5.74) is 8.35. The van der Waals surface area contributed by atoms with Crippen LogP contribution in [-0.4, -0.2) is 18.6 Å². The standard InChI is InChI=1S/C13H21N3O2/c1-9(2)10-3-5-13(6-4-10)7-12(17)18-11(13)8-15-16-14/h9-11H,3-8H2,1-2H3. The maximum absolute atomic E-state index is 11.5. The van der Waals surface area contributed by atoms with Crippen LogP contribution >= 0.6 is 0 Å². The average molecular weight is 251 g/mol. The predicted molar refractivity (Wildman–Crippen MR) is 67.7 cm³/mol. The first-order chi connectivity index (χ1) is 8.57. The fourth-order valence-electron chi connectivity index (χ4n) is 3.45. The smallest absolute Gasteiger partial charge is 0.306 e. The lowest BCUT2D eigenvalue weighted by Crippen LogP contribution is -2.37. The van der Waals surface area contributed by atoms with Gasteiger partial charge in [0, 0.05) is 10.3 Å². The Bertz CT molecular complexity index is 366. The lowest BCUT2D eigenvalue weighted by molar-refractivity contribution is -0.141. The van der Waals surface area contributed by atoms with E-state index in [1.54, 1.807) is 0 Å². The van der Waals surface area contributed by atoms with E-state index in [4.69, 9.17) is 10.3 Å². The molecule has 1 heterocycles. The van der Waals surface area contributed by atoms with Gasteiger partial charge in [0.15, 0.2) is 0 Å². The Morgan fingerprint density at radius 2 is 2.17 bits per heavy atom. The van der Waals surface area contributed by atoms with Gasteiger partial charge in [-0.2, -0.15) is 0 Å². The second kappa shape index (κ2) is 5.19. The molecule has 1 spiro atoms. The number of hydrogen-bond donors (Lipinski definition) is 0. The van der Waals surface area contributed by atoms with Crippen molar-refractivity contribution in [3.63, 3.8) is 0 Å². The third kappa shape index (κ3) is 2.46. The normalized spacial score (nSPS) is 35.6. The quantitative estimate of drug-likeness (QED) is 0.333. The second-order valence-electron chi connectivity index (χ2n) is 6.01. The van der Waals surface area contributed by atoms with E-state index in [0.717, 1.165) is 31.6 Å². The largest absolute Gasteiger partial charge is 0.462 e. The molecule has 1 saturated carbocycles. The minimum Gasteiger partial charge on any atom is -0.462 e. The highest BCUT2D eigenvalue weighted by Crippen LogP contribution is 2.50. The molecule has 2 aliphatic rings. The lowest BCUT2D eigenvalue weighted by Gasteiger charge is -2.40. The molecule has 0 radical (unpaired) electrons. The third-order valence-electron chi connectivity index (χ3n) is 4.73. The fraction of sp³-hybridized carbons (Fsp3) is 0.923. The van der Waals surface area contributed by atoms with Crippen molar-refractivity contribution < 1.29 is 9.53 Å². The first kappa shape index (κ1) is 13.2. The molecule has 0 aromatic rings. The number of cyclic esters (lactones) is 1. The van der Waals surface area contributed by atoms with Crippen molar-refractivity contribution in [3.8, 4) is 0 Å². The van der Waals surface area contributed by atoms with Gasteiger partial charge in [-0.25, -0.2) is 0 Å². The van der Waals surface area contributed by atoms with Gasteiger partial charge in [0.25, 0.3) is 0 Å². The molecule has 1 atom stereocenters. The maximum Gasteiger partial charge on any atom is 0.306 e. The zero-order valence-electron chi connectivity index (χ0n) is 11.1. The fourth-order valence-corrected chi connectivity index (χ4v) is 3.45. The van der Waals surface area contributed by atoms with E-state index in [2.05, 4.69) is 23.9 Å². The van der Waals surface area contributed by atoms with Crippen molar-refractivity contribution in [1.82, 2.24) is 0 Å². The van der Waals surface area contributed by atoms with Crippen LogP contribution in [0.4, 0.5) is 0 Å². The molecular formula is C13H21N3O2. The van der Waals surface area contributed by atoms with Crippen molar-refractivity contribution in [2.75, 3.05) is 6.54 Å². The first-order valence-corrected chi connectivity index (χ1v) is 6.78. The number of azide groups is 1. The monoisotopic (exact) mass is 251 g/mol. The zero-order chi connectivity index (χ0) is 13.2. The number of esters is 1. The van der Waals surface area contributed by atoms with Crippen LogP contribution < -0.4 is 0 Å². The summed E-state index contributed by atoms with van der Waals surface area (Å²) in [6, 6.07) is 0. The molecule has 1 unspecified atom stereocenters. The SMILES string of the molecule is CC(C)C1CCC2(CC1)CC(=O)OC2CN=[N+]=[N-]. The molecule has 5 nitrogen and oxygen atoms in total. The second-order valence-corrected chi connectivity index (χ2v) is 6.01. The molecule has 2 fully saturated rings. The highest BCUT2D eigenvalue weighted by molar-refractivity contribution is 5.73. The molecule has 5 heteroatoms. The van der Waals surface area contributed by atoms with E-state index in [9.17, 15) is 4.79 Å². The summed E-state index contributed by atoms with van der Waals surface area (Å²) in [7, 11) is 0. The van der Waals surface area contributed by atoms with E-state index < -0.39 is 0 Å². The van der Waals surface area contributed by atoms with Gasteiger partial charge in [-0.15, -0.1) is 0 Å². The Morgan fingerprint density at radius 1 is 1.50 bits per heavy atom. The Kier molecular flexibility index (Phi) is 3.81. The van der Waals surface area contributed by atoms with E-state index in [-0.39, 0.29) is 24.0 Å². The van der Waals surface area contributed by atoms with Gasteiger partial charge in [-0.05, 0) is 43.1 Å². The highest BCUT2D eigenvalue weighted by atomic mass is 16.6. The predicted octanol–water partition coefficient (Wildman–Crippen LogP) is 3.44. The number of ether oxygens (including phenoxy) is 1. The minimum atomic E-state index is -0.200. The molecule has 100 valence electrons. The molecule has 1 aliphatic carbocycles. The summed E-state index contributed by atoms with van der Waals surface area (Å²) in [6.07, 6.45) is 4.65. The molecular weight excluding hydrogens is 230 g/mol. The van der Waals surface area contributed by atoms with Crippen LogP contribution in [0.15, 0.2) is 5.11 Å². The van der Waals surface area contributed by atoms with Crippen molar-refractivity contribution in [1.29, 1.82) is 0 Å². The summed E-state index contributed by atoms with van der Waals surface area (Å²) in [5, 5.41) is 3.60. The zero-order valence-corrected chi connectivity index (χ0v) is 11.1. The van der Waals surface area contributed by atoms with Crippen LogP contribution in [0.3, 0.4) is 0 Å². The van der Waals surface area contributed by atoms with Crippen LogP contribution in [0.2, 0.25) is 0 Å². The number of carbonyl (C=O) groups excluding carboxylic acids is 1. The van der Waals surface area contributed by atoms with E-state index in [1.165, 1.54) is 0 Å². The van der Waals surface area contributed by atoms with Gasteiger partial charge >= 0.3 is 5.97 Å². The van der Waals surface area contributed by atoms with E-state index in [1.807, 2.05) is 0 Å². The lowest BCUT2D eigenvalue weighted by atomic mass is 9.65. The van der Waals surface area contributed by atoms with E-state index >= 15 is 0 Å². The van der Waals surface area contributed by atoms with Gasteiger partial charge in [0.05, 0.1) is 13.0 Å². The van der Waals surface area contributed by atoms with Crippen LogP contribution in [0.1, 0.15) is 46.0 Å². The molecule has 1 saturated heterocycles. The number of hydrogen-bond acceptors (Lipinski definition) is 3. The molecule has 0 bridgehead atoms. The Morgan fingerprint density at radius 3 is 2.72 bits per heavy atom. The van der Waals surface area contributed by atoms with Crippen molar-refractivity contribution in [2.24, 2.45) is 22.4 Å². The van der Waals surface area contributed by atoms with Crippen LogP contribution in [0, 0.1) is 17.3 Å². The van der Waals surface area contributed by atoms with Gasteiger partial charge in [0.1, 0.15) is 6.10 Å². The van der Waals surface area contributed by atoms with Gasteiger partial charge in [0.2, 0.25) is 0 Å². The van der Waals surface area contributed by atoms with Crippen LogP contribution in [-0.2, 0) is 9.53 Å². The Hall–Kier alpha value is -1.22. The van der Waals surface area contributed by atoms with Crippen LogP contribution in [0.25, 0.3) is 10.4 Å². The van der Waals surface area contributed by atoms with Crippen LogP contribution in [0.5, 0.6) is 0 Å². The number of rotatable bonds is 3. The van der Waals surface area contributed by atoms with Gasteiger partial charge in [-0.1, -0.05) is 19.0 Å². The van der Waals surface area contributed by atoms with Crippen molar-refractivity contribution in [3.05, 3.63) is 10.4 Å². The summed E-state index contributed by atoms with van der Waals surface area (Å²) >= 11 is 0. The third-order valence-corrected chi connectivity index (χ3v) is 4.73. The van der Waals surface area contributed by atoms with Gasteiger partial charge < -0.3 is 4.74 Å². The Labute approximate surface area is 108 Å². The molecule has 2 rings (SSSR count). The minimum absolute atomic E-state index is 0.0589. The summed E-state index contributed by atoms with van der Waals surface area (Å²) in [4.78, 5) is 14.3. The first-order valence-electron chi connectivity index (χ1n) is 6.78. The molecule has 0 amide bonds. The average Bonchev–Trinajstić information content (AvgIpc) is 2.63.